The van der Waals surface area contributed by atoms with Gasteiger partial charge in [0, 0.05) is 21.6 Å². The highest BCUT2D eigenvalue weighted by Crippen LogP contribution is 2.25. The zero-order valence-electron chi connectivity index (χ0n) is 14.0. The molecule has 6 nitrogen and oxygen atoms in total. The molecule has 1 N–H and O–H groups in total. The largest absolute Gasteiger partial charge is 0.350 e. The van der Waals surface area contributed by atoms with Crippen molar-refractivity contribution in [3.05, 3.63) is 39.9 Å². The summed E-state index contributed by atoms with van der Waals surface area (Å²) in [6, 6.07) is 5.21. The first-order chi connectivity index (χ1) is 11.2. The number of anilines is 1. The number of carbonyl (C=O) groups excluding carboxylic acids is 2. The van der Waals surface area contributed by atoms with Crippen molar-refractivity contribution in [2.24, 2.45) is 0 Å². The Bertz CT molecular complexity index is 741. The minimum Gasteiger partial charge on any atom is -0.350 e. The Labute approximate surface area is 150 Å². The van der Waals surface area contributed by atoms with Gasteiger partial charge >= 0.3 is 0 Å². The molecule has 0 atom stereocenters. The van der Waals surface area contributed by atoms with E-state index in [1.807, 2.05) is 27.7 Å². The van der Waals surface area contributed by atoms with Crippen LogP contribution in [0.2, 0.25) is 5.02 Å². The number of hydrogen-bond acceptors (Lipinski definition) is 5. The van der Waals surface area contributed by atoms with Gasteiger partial charge in [0.15, 0.2) is 5.69 Å². The molecule has 0 fully saturated rings. The lowest BCUT2D eigenvalue weighted by atomic mass is 10.1. The van der Waals surface area contributed by atoms with Crippen LogP contribution in [0.25, 0.3) is 0 Å². The van der Waals surface area contributed by atoms with Gasteiger partial charge in [0.05, 0.1) is 0 Å². The molecule has 0 saturated carbocycles. The number of amides is 2. The maximum atomic E-state index is 12.8. The number of nitrogens with zero attached hydrogens (tertiary/aromatic N) is 3. The molecule has 0 bridgehead atoms. The maximum absolute atomic E-state index is 12.8. The first-order valence-corrected chi connectivity index (χ1v) is 8.55. The minimum atomic E-state index is -0.392. The normalized spacial score (nSPS) is 11.2. The first kappa shape index (κ1) is 18.4. The molecule has 0 spiro atoms. The second-order valence-corrected chi connectivity index (χ2v) is 7.46. The van der Waals surface area contributed by atoms with Gasteiger partial charge in [-0.1, -0.05) is 22.2 Å². The van der Waals surface area contributed by atoms with Crippen molar-refractivity contribution in [2.75, 3.05) is 11.4 Å². The Hall–Kier alpha value is -1.99. The number of halogens is 1. The van der Waals surface area contributed by atoms with Gasteiger partial charge in [-0.05, 0) is 56.9 Å². The lowest BCUT2D eigenvalue weighted by molar-refractivity contribution is -0.121. The standard InChI is InChI=1S/C16H19ClN4O2S/c1-10-5-6-11(17)7-13(10)21(8-14(22)18-16(2,3)4)15(23)12-9-24-20-19-12/h5-7,9H,8H2,1-4H3,(H,18,22). The molecule has 0 aliphatic rings. The molecule has 0 saturated heterocycles. The summed E-state index contributed by atoms with van der Waals surface area (Å²) in [7, 11) is 0. The fourth-order valence-electron chi connectivity index (χ4n) is 2.14. The first-order valence-electron chi connectivity index (χ1n) is 7.33. The van der Waals surface area contributed by atoms with Gasteiger partial charge in [-0.3, -0.25) is 14.5 Å². The number of aromatic nitrogens is 2. The van der Waals surface area contributed by atoms with E-state index in [-0.39, 0.29) is 18.1 Å². The topological polar surface area (TPSA) is 75.2 Å². The van der Waals surface area contributed by atoms with Crippen molar-refractivity contribution in [1.29, 1.82) is 0 Å². The molecule has 0 aliphatic carbocycles. The van der Waals surface area contributed by atoms with Crippen molar-refractivity contribution >= 4 is 40.6 Å². The summed E-state index contributed by atoms with van der Waals surface area (Å²) in [5, 5.41) is 8.70. The fourth-order valence-corrected chi connectivity index (χ4v) is 2.73. The fraction of sp³-hybridized carbons (Fsp3) is 0.375. The molecule has 1 aromatic heterocycles. The molecule has 128 valence electrons. The van der Waals surface area contributed by atoms with Crippen molar-refractivity contribution < 1.29 is 9.59 Å². The van der Waals surface area contributed by atoms with Gasteiger partial charge in [-0.25, -0.2) is 0 Å². The summed E-state index contributed by atoms with van der Waals surface area (Å²) in [4.78, 5) is 26.5. The van der Waals surface area contributed by atoms with E-state index in [9.17, 15) is 9.59 Å². The highest BCUT2D eigenvalue weighted by atomic mass is 35.5. The predicted octanol–water partition coefficient (Wildman–Crippen LogP) is 3.06. The number of benzene rings is 1. The van der Waals surface area contributed by atoms with Gasteiger partial charge in [-0.15, -0.1) is 5.10 Å². The minimum absolute atomic E-state index is 0.130. The molecule has 0 aliphatic heterocycles. The van der Waals surface area contributed by atoms with Crippen LogP contribution >= 0.6 is 23.1 Å². The summed E-state index contributed by atoms with van der Waals surface area (Å²) in [6.07, 6.45) is 0. The molecule has 1 aromatic carbocycles. The average Bonchev–Trinajstić information content (AvgIpc) is 2.99. The van der Waals surface area contributed by atoms with E-state index >= 15 is 0 Å². The van der Waals surface area contributed by atoms with Gasteiger partial charge in [0.25, 0.3) is 5.91 Å². The van der Waals surface area contributed by atoms with Crippen molar-refractivity contribution in [1.82, 2.24) is 14.9 Å². The van der Waals surface area contributed by atoms with E-state index in [1.165, 1.54) is 4.90 Å². The van der Waals surface area contributed by atoms with Crippen LogP contribution in [0, 0.1) is 6.92 Å². The van der Waals surface area contributed by atoms with E-state index in [2.05, 4.69) is 14.9 Å². The summed E-state index contributed by atoms with van der Waals surface area (Å²) < 4.78 is 3.72. The van der Waals surface area contributed by atoms with Crippen LogP contribution in [0.15, 0.2) is 23.6 Å². The van der Waals surface area contributed by atoms with E-state index in [0.29, 0.717) is 10.7 Å². The molecule has 8 heteroatoms. The van der Waals surface area contributed by atoms with Gasteiger partial charge in [0.1, 0.15) is 6.54 Å². The van der Waals surface area contributed by atoms with Gasteiger partial charge in [0.2, 0.25) is 5.91 Å². The lowest BCUT2D eigenvalue weighted by Gasteiger charge is -2.26. The summed E-state index contributed by atoms with van der Waals surface area (Å²) >= 11 is 7.15. The zero-order valence-corrected chi connectivity index (χ0v) is 15.5. The summed E-state index contributed by atoms with van der Waals surface area (Å²) in [6.45, 7) is 7.37. The molecule has 0 radical (unpaired) electrons. The number of aryl methyl sites for hydroxylation is 1. The summed E-state index contributed by atoms with van der Waals surface area (Å²) in [5.74, 6) is -0.656. The van der Waals surface area contributed by atoms with E-state index in [4.69, 9.17) is 11.6 Å². The Morgan fingerprint density at radius 2 is 2.04 bits per heavy atom. The number of rotatable bonds is 4. The van der Waals surface area contributed by atoms with Crippen LogP contribution in [0.5, 0.6) is 0 Å². The van der Waals surface area contributed by atoms with Gasteiger partial charge in [-0.2, -0.15) is 0 Å². The molecule has 2 amide bonds. The Morgan fingerprint density at radius 1 is 1.33 bits per heavy atom. The third-order valence-electron chi connectivity index (χ3n) is 3.10. The Morgan fingerprint density at radius 3 is 2.62 bits per heavy atom. The highest BCUT2D eigenvalue weighted by Gasteiger charge is 2.25. The Balaban J connectivity index is 2.36. The molecule has 1 heterocycles. The van der Waals surface area contributed by atoms with E-state index in [0.717, 1.165) is 17.1 Å². The third kappa shape index (κ3) is 4.75. The molecule has 24 heavy (non-hydrogen) atoms. The van der Waals surface area contributed by atoms with Gasteiger partial charge < -0.3 is 5.32 Å². The van der Waals surface area contributed by atoms with Crippen LogP contribution in [-0.2, 0) is 4.79 Å². The average molecular weight is 367 g/mol. The van der Waals surface area contributed by atoms with Crippen LogP contribution in [0.3, 0.4) is 0 Å². The van der Waals surface area contributed by atoms with Crippen LogP contribution in [0.1, 0.15) is 36.8 Å². The maximum Gasteiger partial charge on any atom is 0.280 e. The molecular weight excluding hydrogens is 348 g/mol. The molecule has 2 rings (SSSR count). The van der Waals surface area contributed by atoms with E-state index in [1.54, 1.807) is 23.6 Å². The second kappa shape index (κ2) is 7.27. The molecule has 2 aromatic rings. The number of hydrogen-bond donors (Lipinski definition) is 1. The summed E-state index contributed by atoms with van der Waals surface area (Å²) in [5.41, 5.74) is 1.21. The number of carbonyl (C=O) groups is 2. The zero-order chi connectivity index (χ0) is 17.9. The SMILES string of the molecule is Cc1ccc(Cl)cc1N(CC(=O)NC(C)(C)C)C(=O)c1csnn1. The van der Waals surface area contributed by atoms with Crippen molar-refractivity contribution in [3.63, 3.8) is 0 Å². The highest BCUT2D eigenvalue weighted by molar-refractivity contribution is 7.03. The smallest absolute Gasteiger partial charge is 0.280 e. The van der Waals surface area contributed by atoms with Crippen LogP contribution in [-0.4, -0.2) is 33.5 Å². The predicted molar refractivity (Wildman–Crippen MR) is 95.7 cm³/mol. The second-order valence-electron chi connectivity index (χ2n) is 6.41. The molecule has 0 unspecified atom stereocenters. The molecular formula is C16H19ClN4O2S. The van der Waals surface area contributed by atoms with Crippen molar-refractivity contribution in [3.8, 4) is 0 Å². The third-order valence-corrected chi connectivity index (χ3v) is 3.84. The quantitative estimate of drug-likeness (QED) is 0.902. The van der Waals surface area contributed by atoms with Crippen molar-refractivity contribution in [2.45, 2.75) is 33.2 Å². The monoisotopic (exact) mass is 366 g/mol. The Kier molecular flexibility index (Phi) is 5.56. The van der Waals surface area contributed by atoms with Crippen LogP contribution < -0.4 is 10.2 Å². The lowest BCUT2D eigenvalue weighted by Crippen LogP contribution is -2.47. The number of nitrogens with one attached hydrogen (secondary N) is 1. The van der Waals surface area contributed by atoms with E-state index < -0.39 is 11.4 Å². The van der Waals surface area contributed by atoms with Crippen LogP contribution in [0.4, 0.5) is 5.69 Å².